The summed E-state index contributed by atoms with van der Waals surface area (Å²) in [6, 6.07) is 68.8. The molecule has 8 rings (SSSR count). The van der Waals surface area contributed by atoms with Crippen molar-refractivity contribution in [3.05, 3.63) is 212 Å². The third kappa shape index (κ3) is 6.87. The lowest BCUT2D eigenvalue weighted by Gasteiger charge is -2.28. The van der Waals surface area contributed by atoms with Gasteiger partial charge in [-0.15, -0.1) is 0 Å². The molecular formula is C46H35N5. The van der Waals surface area contributed by atoms with Crippen LogP contribution < -0.4 is 9.80 Å². The summed E-state index contributed by atoms with van der Waals surface area (Å²) in [5.74, 6) is 1.94. The quantitative estimate of drug-likeness (QED) is 0.146. The van der Waals surface area contributed by atoms with Gasteiger partial charge in [-0.3, -0.25) is 0 Å². The zero-order valence-electron chi connectivity index (χ0n) is 28.0. The predicted molar refractivity (Wildman–Crippen MR) is 209 cm³/mol. The summed E-state index contributed by atoms with van der Waals surface area (Å²) in [6.45, 7) is 0. The van der Waals surface area contributed by atoms with Gasteiger partial charge in [0, 0.05) is 46.0 Å². The third-order valence-electron chi connectivity index (χ3n) is 8.74. The fourth-order valence-corrected chi connectivity index (χ4v) is 6.40. The van der Waals surface area contributed by atoms with Gasteiger partial charge < -0.3 is 9.80 Å². The van der Waals surface area contributed by atoms with Crippen molar-refractivity contribution < 1.29 is 0 Å². The summed E-state index contributed by atoms with van der Waals surface area (Å²) < 4.78 is 0. The van der Waals surface area contributed by atoms with E-state index in [-0.39, 0.29) is 0 Å². The van der Waals surface area contributed by atoms with Crippen molar-refractivity contribution in [1.29, 1.82) is 0 Å². The highest BCUT2D eigenvalue weighted by molar-refractivity contribution is 5.86. The fourth-order valence-electron chi connectivity index (χ4n) is 6.40. The molecule has 0 amide bonds. The molecule has 0 aliphatic carbocycles. The summed E-state index contributed by atoms with van der Waals surface area (Å²) in [4.78, 5) is 20.0. The summed E-state index contributed by atoms with van der Waals surface area (Å²) in [5.41, 5.74) is 9.24. The van der Waals surface area contributed by atoms with E-state index in [1.54, 1.807) is 0 Å². The molecule has 0 N–H and O–H groups in total. The molecule has 5 heteroatoms. The molecule has 1 heterocycles. The molecule has 1 aromatic heterocycles. The van der Waals surface area contributed by atoms with Crippen LogP contribution in [0.5, 0.6) is 0 Å². The normalized spacial score (nSPS) is 10.8. The summed E-state index contributed by atoms with van der Waals surface area (Å²) >= 11 is 0. The second-order valence-corrected chi connectivity index (χ2v) is 12.1. The molecule has 244 valence electrons. The van der Waals surface area contributed by atoms with E-state index in [2.05, 4.69) is 161 Å². The Bertz CT molecular complexity index is 2250. The predicted octanol–water partition coefficient (Wildman–Crippen LogP) is 11.7. The van der Waals surface area contributed by atoms with E-state index in [0.29, 0.717) is 23.9 Å². The summed E-state index contributed by atoms with van der Waals surface area (Å²) in [5, 5.41) is 0. The van der Waals surface area contributed by atoms with Gasteiger partial charge in [0.25, 0.3) is 0 Å². The van der Waals surface area contributed by atoms with E-state index in [1.165, 1.54) is 0 Å². The SMILES string of the molecule is c1ccc(-c2nc(Cc3ccccc3N(c3ccccc3)c3ccccc3)nc(-c3ccccc3N(c3ccccc3)c3ccccc3)n2)cc1. The first-order chi connectivity index (χ1) is 25.3. The number of hydrogen-bond acceptors (Lipinski definition) is 5. The minimum atomic E-state index is 0.505. The maximum Gasteiger partial charge on any atom is 0.165 e. The van der Waals surface area contributed by atoms with Crippen LogP contribution in [0, 0.1) is 0 Å². The van der Waals surface area contributed by atoms with Crippen LogP contribution >= 0.6 is 0 Å². The smallest absolute Gasteiger partial charge is 0.165 e. The number of hydrogen-bond donors (Lipinski definition) is 0. The topological polar surface area (TPSA) is 45.2 Å². The Morgan fingerprint density at radius 2 is 0.725 bits per heavy atom. The first-order valence-corrected chi connectivity index (χ1v) is 17.1. The molecule has 0 saturated heterocycles. The molecule has 0 fully saturated rings. The van der Waals surface area contributed by atoms with Crippen molar-refractivity contribution in [3.63, 3.8) is 0 Å². The van der Waals surface area contributed by atoms with Gasteiger partial charge in [0.2, 0.25) is 0 Å². The number of nitrogens with zero attached hydrogens (tertiary/aromatic N) is 5. The number of benzene rings is 7. The molecule has 8 aromatic rings. The molecular weight excluding hydrogens is 623 g/mol. The average Bonchev–Trinajstić information content (AvgIpc) is 3.21. The van der Waals surface area contributed by atoms with Crippen LogP contribution in [0.2, 0.25) is 0 Å². The molecule has 0 radical (unpaired) electrons. The van der Waals surface area contributed by atoms with E-state index in [4.69, 9.17) is 15.0 Å². The third-order valence-corrected chi connectivity index (χ3v) is 8.74. The highest BCUT2D eigenvalue weighted by atomic mass is 15.2. The highest BCUT2D eigenvalue weighted by Crippen LogP contribution is 2.41. The summed E-state index contributed by atoms with van der Waals surface area (Å²) in [6.07, 6.45) is 0.505. The van der Waals surface area contributed by atoms with Crippen molar-refractivity contribution in [3.8, 4) is 22.8 Å². The Morgan fingerprint density at radius 1 is 0.333 bits per heavy atom. The van der Waals surface area contributed by atoms with Crippen LogP contribution in [0.15, 0.2) is 200 Å². The lowest BCUT2D eigenvalue weighted by molar-refractivity contribution is 0.930. The van der Waals surface area contributed by atoms with Gasteiger partial charge in [-0.05, 0) is 72.3 Å². The van der Waals surface area contributed by atoms with Crippen LogP contribution in [-0.2, 0) is 6.42 Å². The van der Waals surface area contributed by atoms with Crippen LogP contribution in [0.25, 0.3) is 22.8 Å². The van der Waals surface area contributed by atoms with E-state index < -0.39 is 0 Å². The Hall–Kier alpha value is -6.85. The largest absolute Gasteiger partial charge is 0.310 e. The molecule has 0 atom stereocenters. The molecule has 51 heavy (non-hydrogen) atoms. The van der Waals surface area contributed by atoms with Crippen LogP contribution in [0.4, 0.5) is 34.1 Å². The first-order valence-electron chi connectivity index (χ1n) is 17.1. The van der Waals surface area contributed by atoms with Crippen LogP contribution in [-0.4, -0.2) is 15.0 Å². The Labute approximate surface area is 298 Å². The minimum Gasteiger partial charge on any atom is -0.310 e. The highest BCUT2D eigenvalue weighted by Gasteiger charge is 2.21. The standard InChI is InChI=1S/C46H35N5/c1-6-20-35(21-7-1)45-47-44(34-36-22-16-18-32-42(36)50(37-23-8-2-9-24-37)38-25-10-3-11-26-38)48-46(49-45)41-31-17-19-33-43(41)51(39-27-12-4-13-28-39)40-29-14-5-15-30-40/h1-33H,34H2. The van der Waals surface area contributed by atoms with Crippen molar-refractivity contribution in [1.82, 2.24) is 15.0 Å². The number of para-hydroxylation sites is 6. The van der Waals surface area contributed by atoms with Gasteiger partial charge in [-0.2, -0.15) is 0 Å². The zero-order valence-corrected chi connectivity index (χ0v) is 28.0. The van der Waals surface area contributed by atoms with Gasteiger partial charge in [0.15, 0.2) is 11.6 Å². The van der Waals surface area contributed by atoms with E-state index in [0.717, 1.165) is 50.8 Å². The van der Waals surface area contributed by atoms with Crippen molar-refractivity contribution >= 4 is 34.1 Å². The van der Waals surface area contributed by atoms with Crippen molar-refractivity contribution in [2.75, 3.05) is 9.80 Å². The Kier molecular flexibility index (Phi) is 9.07. The lowest BCUT2D eigenvalue weighted by atomic mass is 10.1. The average molecular weight is 658 g/mol. The minimum absolute atomic E-state index is 0.505. The van der Waals surface area contributed by atoms with E-state index >= 15 is 0 Å². The lowest BCUT2D eigenvalue weighted by Crippen LogP contribution is -2.14. The second kappa shape index (κ2) is 14.7. The van der Waals surface area contributed by atoms with E-state index in [1.807, 2.05) is 48.5 Å². The number of rotatable bonds is 10. The first kappa shape index (κ1) is 31.4. The van der Waals surface area contributed by atoms with Gasteiger partial charge in [-0.25, -0.2) is 15.0 Å². The fraction of sp³-hybridized carbons (Fsp3) is 0.0217. The van der Waals surface area contributed by atoms with Crippen LogP contribution in [0.1, 0.15) is 11.4 Å². The van der Waals surface area contributed by atoms with Gasteiger partial charge >= 0.3 is 0 Å². The van der Waals surface area contributed by atoms with Gasteiger partial charge in [0.1, 0.15) is 5.82 Å². The molecule has 5 nitrogen and oxygen atoms in total. The number of anilines is 6. The molecule has 0 aliphatic heterocycles. The maximum atomic E-state index is 5.23. The van der Waals surface area contributed by atoms with Gasteiger partial charge in [0.05, 0.1) is 5.69 Å². The number of aromatic nitrogens is 3. The Balaban J connectivity index is 1.28. The molecule has 0 unspecified atom stereocenters. The molecule has 0 bridgehead atoms. The molecule has 0 spiro atoms. The van der Waals surface area contributed by atoms with Crippen molar-refractivity contribution in [2.45, 2.75) is 6.42 Å². The molecule has 0 aliphatic rings. The van der Waals surface area contributed by atoms with Crippen LogP contribution in [0.3, 0.4) is 0 Å². The monoisotopic (exact) mass is 657 g/mol. The molecule has 0 saturated carbocycles. The van der Waals surface area contributed by atoms with E-state index in [9.17, 15) is 0 Å². The van der Waals surface area contributed by atoms with Gasteiger partial charge in [-0.1, -0.05) is 133 Å². The maximum absolute atomic E-state index is 5.23. The Morgan fingerprint density at radius 3 is 1.25 bits per heavy atom. The van der Waals surface area contributed by atoms with Crippen molar-refractivity contribution in [2.24, 2.45) is 0 Å². The second-order valence-electron chi connectivity index (χ2n) is 12.1. The molecule has 7 aromatic carbocycles. The zero-order chi connectivity index (χ0) is 34.2. The summed E-state index contributed by atoms with van der Waals surface area (Å²) in [7, 11) is 0.